The second-order valence-electron chi connectivity index (χ2n) is 5.66. The summed E-state index contributed by atoms with van der Waals surface area (Å²) in [4.78, 5) is 30.3. The Kier molecular flexibility index (Phi) is 3.32. The van der Waals surface area contributed by atoms with E-state index in [4.69, 9.17) is 5.73 Å². The largest absolute Gasteiger partial charge is 0.353 e. The molecule has 1 aliphatic rings. The fourth-order valence-corrected chi connectivity index (χ4v) is 3.11. The summed E-state index contributed by atoms with van der Waals surface area (Å²) in [6.07, 6.45) is 3.29. The zero-order valence-corrected chi connectivity index (χ0v) is 12.2. The van der Waals surface area contributed by atoms with Gasteiger partial charge >= 0.3 is 5.69 Å². The third-order valence-corrected chi connectivity index (χ3v) is 4.41. The van der Waals surface area contributed by atoms with Crippen LogP contribution in [0.15, 0.2) is 9.59 Å². The van der Waals surface area contributed by atoms with Gasteiger partial charge in [0.1, 0.15) is 0 Å². The summed E-state index contributed by atoms with van der Waals surface area (Å²) in [5.74, 6) is 1.02. The number of fused-ring (bicyclic) bond motifs is 1. The molecule has 2 atom stereocenters. The zero-order valence-electron chi connectivity index (χ0n) is 12.2. The van der Waals surface area contributed by atoms with Crippen LogP contribution in [0.5, 0.6) is 0 Å². The molecule has 8 nitrogen and oxygen atoms in total. The molecule has 1 saturated carbocycles. The van der Waals surface area contributed by atoms with Crippen molar-refractivity contribution in [2.24, 2.45) is 25.7 Å². The van der Waals surface area contributed by atoms with Crippen LogP contribution in [-0.2, 0) is 14.1 Å². The summed E-state index contributed by atoms with van der Waals surface area (Å²) >= 11 is 0. The van der Waals surface area contributed by atoms with Crippen molar-refractivity contribution in [3.63, 3.8) is 0 Å². The zero-order chi connectivity index (χ0) is 15.1. The lowest BCUT2D eigenvalue weighted by atomic mass is 10.0. The topological polar surface area (TPSA) is 111 Å². The minimum atomic E-state index is -0.460. The lowest BCUT2D eigenvalue weighted by Crippen LogP contribution is -2.30. The molecular weight excluding hydrogens is 272 g/mol. The van der Waals surface area contributed by atoms with Crippen molar-refractivity contribution in [1.29, 1.82) is 0 Å². The van der Waals surface area contributed by atoms with E-state index >= 15 is 0 Å². The number of aryl methyl sites for hydroxylation is 2. The Hall–Kier alpha value is -2.09. The van der Waals surface area contributed by atoms with Gasteiger partial charge in [0.05, 0.1) is 0 Å². The summed E-state index contributed by atoms with van der Waals surface area (Å²) in [5, 5.41) is 3.38. The molecule has 0 aromatic carbocycles. The van der Waals surface area contributed by atoms with Crippen LogP contribution in [0.1, 0.15) is 19.3 Å². The first-order valence-electron chi connectivity index (χ1n) is 7.15. The van der Waals surface area contributed by atoms with Crippen LogP contribution in [0.3, 0.4) is 0 Å². The number of nitrogens with zero attached hydrogens (tertiary/aromatic N) is 3. The Balaban J connectivity index is 2.06. The highest BCUT2D eigenvalue weighted by molar-refractivity contribution is 5.73. The third kappa shape index (κ3) is 2.15. The van der Waals surface area contributed by atoms with Gasteiger partial charge in [0, 0.05) is 20.1 Å². The van der Waals surface area contributed by atoms with E-state index in [0.717, 1.165) is 19.3 Å². The van der Waals surface area contributed by atoms with Gasteiger partial charge in [0.2, 0.25) is 5.95 Å². The lowest BCUT2D eigenvalue weighted by molar-refractivity contribution is 0.513. The number of H-pyrrole nitrogens is 1. The quantitative estimate of drug-likeness (QED) is 0.706. The average molecular weight is 292 g/mol. The Labute approximate surface area is 121 Å². The predicted molar refractivity (Wildman–Crippen MR) is 80.4 cm³/mol. The summed E-state index contributed by atoms with van der Waals surface area (Å²) in [6, 6.07) is 0.265. The van der Waals surface area contributed by atoms with Crippen molar-refractivity contribution < 1.29 is 0 Å². The molecule has 1 fully saturated rings. The highest BCUT2D eigenvalue weighted by atomic mass is 16.2. The second-order valence-corrected chi connectivity index (χ2v) is 5.66. The Morgan fingerprint density at radius 2 is 2.10 bits per heavy atom. The monoisotopic (exact) mass is 292 g/mol. The van der Waals surface area contributed by atoms with Gasteiger partial charge in [-0.05, 0) is 25.3 Å². The normalized spacial score (nSPS) is 22.0. The number of nitrogens with one attached hydrogen (secondary N) is 2. The van der Waals surface area contributed by atoms with Crippen LogP contribution in [0.4, 0.5) is 5.95 Å². The first-order chi connectivity index (χ1) is 10.0. The van der Waals surface area contributed by atoms with Crippen molar-refractivity contribution in [2.75, 3.05) is 11.9 Å². The Morgan fingerprint density at radius 3 is 2.81 bits per heavy atom. The van der Waals surface area contributed by atoms with Gasteiger partial charge in [-0.25, -0.2) is 4.79 Å². The van der Waals surface area contributed by atoms with Crippen molar-refractivity contribution in [3.8, 4) is 0 Å². The van der Waals surface area contributed by atoms with Gasteiger partial charge in [-0.15, -0.1) is 0 Å². The molecule has 8 heteroatoms. The molecule has 21 heavy (non-hydrogen) atoms. The maximum absolute atomic E-state index is 12.0. The van der Waals surface area contributed by atoms with Gasteiger partial charge in [-0.3, -0.25) is 14.3 Å². The van der Waals surface area contributed by atoms with Crippen molar-refractivity contribution in [2.45, 2.75) is 25.3 Å². The minimum absolute atomic E-state index is 0.265. The summed E-state index contributed by atoms with van der Waals surface area (Å²) < 4.78 is 3.04. The maximum Gasteiger partial charge on any atom is 0.329 e. The van der Waals surface area contributed by atoms with E-state index in [1.54, 1.807) is 18.7 Å². The predicted octanol–water partition coefficient (Wildman–Crippen LogP) is -0.500. The molecule has 114 valence electrons. The number of hydrogen-bond donors (Lipinski definition) is 3. The summed E-state index contributed by atoms with van der Waals surface area (Å²) in [5.41, 5.74) is 5.69. The Bertz CT molecular complexity index is 786. The fourth-order valence-electron chi connectivity index (χ4n) is 3.11. The molecule has 0 saturated heterocycles. The number of rotatable bonds is 3. The van der Waals surface area contributed by atoms with E-state index in [0.29, 0.717) is 29.6 Å². The van der Waals surface area contributed by atoms with Gasteiger partial charge in [-0.1, -0.05) is 6.42 Å². The third-order valence-electron chi connectivity index (χ3n) is 4.41. The maximum atomic E-state index is 12.0. The molecule has 2 heterocycles. The molecule has 2 aromatic heterocycles. The second kappa shape index (κ2) is 5.03. The SMILES string of the molecule is Cn1c(N[C@@H]2CCC[C@H]2CN)nc2c1c(=O)[nH]c(=O)n2C. The van der Waals surface area contributed by atoms with Crippen LogP contribution in [0.2, 0.25) is 0 Å². The molecule has 1 aliphatic carbocycles. The molecular formula is C13H20N6O2. The molecule has 3 rings (SSSR count). The molecule has 0 bridgehead atoms. The smallest absolute Gasteiger partial charge is 0.329 e. The van der Waals surface area contributed by atoms with Gasteiger partial charge in [0.25, 0.3) is 5.56 Å². The minimum Gasteiger partial charge on any atom is -0.353 e. The van der Waals surface area contributed by atoms with E-state index < -0.39 is 11.2 Å². The molecule has 0 radical (unpaired) electrons. The molecule has 0 unspecified atom stereocenters. The number of nitrogens with two attached hydrogens (primary N) is 1. The average Bonchev–Trinajstić information content (AvgIpc) is 3.02. The molecule has 0 aliphatic heterocycles. The van der Waals surface area contributed by atoms with Crippen molar-refractivity contribution in [3.05, 3.63) is 20.8 Å². The number of anilines is 1. The number of aromatic nitrogens is 4. The first-order valence-corrected chi connectivity index (χ1v) is 7.15. The molecule has 4 N–H and O–H groups in total. The lowest BCUT2D eigenvalue weighted by Gasteiger charge is -2.19. The van der Waals surface area contributed by atoms with Gasteiger partial charge in [0.15, 0.2) is 11.2 Å². The van der Waals surface area contributed by atoms with Crippen LogP contribution in [-0.4, -0.2) is 31.7 Å². The molecule has 0 amide bonds. The number of imidazole rings is 1. The Morgan fingerprint density at radius 1 is 1.33 bits per heavy atom. The van der Waals surface area contributed by atoms with E-state index in [-0.39, 0.29) is 6.04 Å². The summed E-state index contributed by atoms with van der Waals surface area (Å²) in [6.45, 7) is 0.640. The van der Waals surface area contributed by atoms with Crippen molar-refractivity contribution >= 4 is 17.1 Å². The van der Waals surface area contributed by atoms with Crippen LogP contribution < -0.4 is 22.3 Å². The van der Waals surface area contributed by atoms with E-state index in [9.17, 15) is 9.59 Å². The van der Waals surface area contributed by atoms with E-state index in [1.165, 1.54) is 4.57 Å². The van der Waals surface area contributed by atoms with Crippen LogP contribution in [0.25, 0.3) is 11.2 Å². The molecule has 0 spiro atoms. The first kappa shape index (κ1) is 13.9. The van der Waals surface area contributed by atoms with Crippen LogP contribution in [0, 0.1) is 5.92 Å². The van der Waals surface area contributed by atoms with Gasteiger partial charge < -0.3 is 15.6 Å². The van der Waals surface area contributed by atoms with E-state index in [2.05, 4.69) is 15.3 Å². The van der Waals surface area contributed by atoms with E-state index in [1.807, 2.05) is 0 Å². The summed E-state index contributed by atoms with van der Waals surface area (Å²) in [7, 11) is 3.36. The molecule has 2 aromatic rings. The number of aromatic amines is 1. The fraction of sp³-hybridized carbons (Fsp3) is 0.615. The highest BCUT2D eigenvalue weighted by Crippen LogP contribution is 2.27. The van der Waals surface area contributed by atoms with Crippen LogP contribution >= 0.6 is 0 Å². The highest BCUT2D eigenvalue weighted by Gasteiger charge is 2.27. The van der Waals surface area contributed by atoms with Gasteiger partial charge in [-0.2, -0.15) is 4.98 Å². The van der Waals surface area contributed by atoms with Crippen molar-refractivity contribution in [1.82, 2.24) is 19.1 Å². The number of hydrogen-bond acceptors (Lipinski definition) is 5. The standard InChI is InChI=1S/C13H20N6O2/c1-18-9-10(19(2)13(21)17-11(9)20)16-12(18)15-8-5-3-4-7(8)6-14/h7-8H,3-6,14H2,1-2H3,(H,15,16)(H,17,20,21)/t7-,8+/m0/s1.